The Morgan fingerprint density at radius 3 is 2.92 bits per heavy atom. The molecule has 2 amide bonds. The largest absolute Gasteiger partial charge is 0.451 e. The average Bonchev–Trinajstić information content (AvgIpc) is 3.18. The summed E-state index contributed by atoms with van der Waals surface area (Å²) in [6, 6.07) is 7.12. The number of hydrogen-bond acceptors (Lipinski definition) is 7. The zero-order valence-electron chi connectivity index (χ0n) is 13.2. The summed E-state index contributed by atoms with van der Waals surface area (Å²) in [6.45, 7) is 1.46. The van der Waals surface area contributed by atoms with Crippen LogP contribution in [-0.4, -0.2) is 47.6 Å². The van der Waals surface area contributed by atoms with Crippen molar-refractivity contribution in [3.8, 4) is 10.6 Å². The Balaban J connectivity index is 1.68. The molecular formula is C16H13ClN2O5S. The van der Waals surface area contributed by atoms with Crippen LogP contribution in [0.15, 0.2) is 24.3 Å². The summed E-state index contributed by atoms with van der Waals surface area (Å²) < 4.78 is 9.68. The third-order valence-corrected chi connectivity index (χ3v) is 4.86. The van der Waals surface area contributed by atoms with Gasteiger partial charge >= 0.3 is 12.1 Å². The first-order valence-corrected chi connectivity index (χ1v) is 8.53. The Bertz CT molecular complexity index is 851. The van der Waals surface area contributed by atoms with Crippen LogP contribution in [0.4, 0.5) is 4.79 Å². The van der Waals surface area contributed by atoms with Crippen LogP contribution in [-0.2, 0) is 14.3 Å². The van der Waals surface area contributed by atoms with E-state index in [4.69, 9.17) is 16.3 Å². The van der Waals surface area contributed by atoms with Crippen LogP contribution in [0.2, 0.25) is 5.02 Å². The van der Waals surface area contributed by atoms with Crippen molar-refractivity contribution in [1.82, 2.24) is 9.88 Å². The lowest BCUT2D eigenvalue weighted by molar-refractivity contribution is -0.131. The number of thiazole rings is 1. The Morgan fingerprint density at radius 1 is 1.44 bits per heavy atom. The molecular weight excluding hydrogens is 368 g/mol. The molecule has 1 aromatic heterocycles. The fourth-order valence-corrected chi connectivity index (χ4v) is 3.37. The summed E-state index contributed by atoms with van der Waals surface area (Å²) >= 11 is 7.12. The van der Waals surface area contributed by atoms with Crippen molar-refractivity contribution in [2.24, 2.45) is 0 Å². The molecule has 0 spiro atoms. The number of halogens is 1. The maximum atomic E-state index is 12.2. The Labute approximate surface area is 152 Å². The molecule has 9 heteroatoms. The highest BCUT2D eigenvalue weighted by atomic mass is 35.5. The van der Waals surface area contributed by atoms with Gasteiger partial charge in [-0.15, -0.1) is 11.3 Å². The highest BCUT2D eigenvalue weighted by Crippen LogP contribution is 2.29. The summed E-state index contributed by atoms with van der Waals surface area (Å²) in [7, 11) is 0. The number of ether oxygens (including phenoxy) is 2. The second-order valence-corrected chi connectivity index (χ2v) is 6.62. The Hall–Kier alpha value is -2.45. The number of hydrogen-bond donors (Lipinski definition) is 0. The van der Waals surface area contributed by atoms with Crippen molar-refractivity contribution in [3.05, 3.63) is 39.9 Å². The van der Waals surface area contributed by atoms with E-state index in [2.05, 4.69) is 9.72 Å². The summed E-state index contributed by atoms with van der Waals surface area (Å²) in [6.07, 6.45) is -0.724. The van der Waals surface area contributed by atoms with Gasteiger partial charge in [0, 0.05) is 10.6 Å². The molecule has 1 aliphatic rings. The van der Waals surface area contributed by atoms with Gasteiger partial charge in [0.25, 0.3) is 5.91 Å². The van der Waals surface area contributed by atoms with E-state index in [0.717, 1.165) is 21.8 Å². The van der Waals surface area contributed by atoms with E-state index in [1.54, 1.807) is 25.1 Å². The molecule has 130 valence electrons. The number of benzene rings is 1. The molecule has 25 heavy (non-hydrogen) atoms. The Morgan fingerprint density at radius 2 is 2.24 bits per heavy atom. The number of carbonyl (C=O) groups excluding carboxylic acids is 3. The molecule has 7 nitrogen and oxygen atoms in total. The van der Waals surface area contributed by atoms with Crippen LogP contribution in [0.5, 0.6) is 0 Å². The van der Waals surface area contributed by atoms with Gasteiger partial charge in [0.2, 0.25) is 0 Å². The number of amides is 2. The van der Waals surface area contributed by atoms with Gasteiger partial charge in [0.1, 0.15) is 16.5 Å². The quantitative estimate of drug-likeness (QED) is 0.758. The molecule has 1 fully saturated rings. The lowest BCUT2D eigenvalue weighted by Crippen LogP contribution is -2.35. The summed E-state index contributed by atoms with van der Waals surface area (Å²) in [4.78, 5) is 40.9. The first-order valence-electron chi connectivity index (χ1n) is 7.33. The van der Waals surface area contributed by atoms with E-state index in [-0.39, 0.29) is 13.2 Å². The number of esters is 1. The van der Waals surface area contributed by atoms with E-state index in [1.165, 1.54) is 0 Å². The molecule has 0 unspecified atom stereocenters. The molecule has 0 radical (unpaired) electrons. The fraction of sp³-hybridized carbons (Fsp3) is 0.250. The minimum atomic E-state index is -0.724. The van der Waals surface area contributed by atoms with Crippen molar-refractivity contribution in [1.29, 1.82) is 0 Å². The first-order chi connectivity index (χ1) is 12.0. The van der Waals surface area contributed by atoms with E-state index < -0.39 is 24.6 Å². The number of nitrogens with zero attached hydrogens (tertiary/aromatic N) is 2. The molecule has 3 rings (SSSR count). The molecule has 1 saturated heterocycles. The zero-order valence-corrected chi connectivity index (χ0v) is 14.7. The minimum absolute atomic E-state index is 0.148. The molecule has 0 bridgehead atoms. The van der Waals surface area contributed by atoms with E-state index in [0.29, 0.717) is 20.6 Å². The number of aromatic nitrogens is 1. The van der Waals surface area contributed by atoms with Crippen LogP contribution < -0.4 is 0 Å². The van der Waals surface area contributed by atoms with E-state index in [1.807, 2.05) is 6.07 Å². The average molecular weight is 381 g/mol. The standard InChI is InChI=1S/C16H13ClN2O5S/c1-9-13(25-14(18-9)10-3-2-4-11(17)7-10)15(21)24-8-12(20)19-5-6-23-16(19)22/h2-4,7H,5-6,8H2,1H3. The molecule has 0 N–H and O–H groups in total. The fourth-order valence-electron chi connectivity index (χ4n) is 2.22. The molecule has 2 aromatic rings. The molecule has 0 atom stereocenters. The second kappa shape index (κ2) is 7.20. The van der Waals surface area contributed by atoms with E-state index >= 15 is 0 Å². The van der Waals surface area contributed by atoms with Crippen LogP contribution in [0, 0.1) is 6.92 Å². The van der Waals surface area contributed by atoms with Crippen molar-refractivity contribution in [2.45, 2.75) is 6.92 Å². The number of aryl methyl sites for hydroxylation is 1. The highest BCUT2D eigenvalue weighted by molar-refractivity contribution is 7.17. The molecule has 1 aliphatic heterocycles. The predicted molar refractivity (Wildman–Crippen MR) is 90.6 cm³/mol. The van der Waals surface area contributed by atoms with Crippen LogP contribution in [0.3, 0.4) is 0 Å². The SMILES string of the molecule is Cc1nc(-c2cccc(Cl)c2)sc1C(=O)OCC(=O)N1CCOC1=O. The van der Waals surface area contributed by atoms with Gasteiger partial charge in [-0.3, -0.25) is 4.79 Å². The summed E-state index contributed by atoms with van der Waals surface area (Å²) in [5.41, 5.74) is 1.29. The molecule has 2 heterocycles. The normalized spacial score (nSPS) is 13.7. The minimum Gasteiger partial charge on any atom is -0.451 e. The van der Waals surface area contributed by atoms with Gasteiger partial charge in [-0.1, -0.05) is 23.7 Å². The smallest absolute Gasteiger partial charge is 0.416 e. The third-order valence-electron chi connectivity index (χ3n) is 3.44. The van der Waals surface area contributed by atoms with Crippen LogP contribution in [0.25, 0.3) is 10.6 Å². The number of carbonyl (C=O) groups is 3. The monoisotopic (exact) mass is 380 g/mol. The first kappa shape index (κ1) is 17.4. The lowest BCUT2D eigenvalue weighted by Gasteiger charge is -2.10. The Kier molecular flexibility index (Phi) is 5.00. The molecule has 1 aromatic carbocycles. The molecule has 0 saturated carbocycles. The maximum absolute atomic E-state index is 12.2. The summed E-state index contributed by atoms with van der Waals surface area (Å²) in [5.74, 6) is -1.28. The van der Waals surface area contributed by atoms with Crippen LogP contribution >= 0.6 is 22.9 Å². The topological polar surface area (TPSA) is 85.8 Å². The van der Waals surface area contributed by atoms with Crippen LogP contribution in [0.1, 0.15) is 15.4 Å². The lowest BCUT2D eigenvalue weighted by atomic mass is 10.2. The zero-order chi connectivity index (χ0) is 18.0. The van der Waals surface area contributed by atoms with E-state index in [9.17, 15) is 14.4 Å². The van der Waals surface area contributed by atoms with Gasteiger partial charge in [-0.25, -0.2) is 19.5 Å². The number of cyclic esters (lactones) is 1. The van der Waals surface area contributed by atoms with Crippen molar-refractivity contribution in [3.63, 3.8) is 0 Å². The van der Waals surface area contributed by atoms with Gasteiger partial charge < -0.3 is 9.47 Å². The maximum Gasteiger partial charge on any atom is 0.416 e. The van der Waals surface area contributed by atoms with Crippen molar-refractivity contribution >= 4 is 40.9 Å². The van der Waals surface area contributed by atoms with Gasteiger partial charge in [-0.2, -0.15) is 0 Å². The molecule has 0 aliphatic carbocycles. The second-order valence-electron chi connectivity index (χ2n) is 5.18. The van der Waals surface area contributed by atoms with Crippen molar-refractivity contribution in [2.75, 3.05) is 19.8 Å². The van der Waals surface area contributed by atoms with Gasteiger partial charge in [-0.05, 0) is 19.1 Å². The third kappa shape index (κ3) is 3.80. The van der Waals surface area contributed by atoms with Crippen molar-refractivity contribution < 1.29 is 23.9 Å². The van der Waals surface area contributed by atoms with Gasteiger partial charge in [0.15, 0.2) is 6.61 Å². The highest BCUT2D eigenvalue weighted by Gasteiger charge is 2.29. The summed E-state index contributed by atoms with van der Waals surface area (Å²) in [5, 5.41) is 1.19. The van der Waals surface area contributed by atoms with Gasteiger partial charge in [0.05, 0.1) is 12.2 Å². The number of rotatable bonds is 4. The number of imide groups is 1. The predicted octanol–water partition coefficient (Wildman–Crippen LogP) is 2.91.